The van der Waals surface area contributed by atoms with Gasteiger partial charge < -0.3 is 10.1 Å². The largest absolute Gasteiger partial charge is 0.466 e. The number of carbonyl (C=O) groups is 1. The Morgan fingerprint density at radius 2 is 1.85 bits per heavy atom. The number of rotatable bonds is 9. The van der Waals surface area contributed by atoms with Gasteiger partial charge in [-0.2, -0.15) is 0 Å². The number of benzene rings is 1. The molecule has 0 heterocycles. The highest BCUT2D eigenvalue weighted by Crippen LogP contribution is 2.31. The molecule has 20 heavy (non-hydrogen) atoms. The van der Waals surface area contributed by atoms with Gasteiger partial charge in [0.25, 0.3) is 0 Å². The van der Waals surface area contributed by atoms with Gasteiger partial charge in [-0.1, -0.05) is 50.6 Å². The van der Waals surface area contributed by atoms with Gasteiger partial charge in [0, 0.05) is 0 Å². The molecule has 0 fully saturated rings. The first kappa shape index (κ1) is 16.7. The summed E-state index contributed by atoms with van der Waals surface area (Å²) in [5.74, 6) is -0.131. The zero-order chi connectivity index (χ0) is 14.8. The minimum absolute atomic E-state index is 0.131. The lowest BCUT2D eigenvalue weighted by molar-refractivity contribution is -0.145. The monoisotopic (exact) mass is 277 g/mol. The van der Waals surface area contributed by atoms with Gasteiger partial charge >= 0.3 is 5.97 Å². The Bertz CT molecular complexity index is 391. The van der Waals surface area contributed by atoms with Crippen molar-refractivity contribution in [3.05, 3.63) is 35.9 Å². The third kappa shape index (κ3) is 4.64. The van der Waals surface area contributed by atoms with E-state index in [0.717, 1.165) is 25.8 Å². The maximum atomic E-state index is 12.0. The lowest BCUT2D eigenvalue weighted by Crippen LogP contribution is -2.44. The quantitative estimate of drug-likeness (QED) is 0.700. The number of hydrogen-bond donors (Lipinski definition) is 1. The second kappa shape index (κ2) is 8.75. The zero-order valence-corrected chi connectivity index (χ0v) is 12.9. The Morgan fingerprint density at radius 1 is 1.15 bits per heavy atom. The molecule has 0 radical (unpaired) electrons. The van der Waals surface area contributed by atoms with E-state index >= 15 is 0 Å². The summed E-state index contributed by atoms with van der Waals surface area (Å²) >= 11 is 0. The lowest BCUT2D eigenvalue weighted by Gasteiger charge is -2.35. The van der Waals surface area contributed by atoms with E-state index in [0.29, 0.717) is 13.0 Å². The smallest absolute Gasteiger partial charge is 0.308 e. The molecule has 0 bridgehead atoms. The van der Waals surface area contributed by atoms with E-state index in [9.17, 15) is 4.79 Å². The second-order valence-corrected chi connectivity index (χ2v) is 5.11. The minimum Gasteiger partial charge on any atom is -0.466 e. The van der Waals surface area contributed by atoms with Crippen LogP contribution >= 0.6 is 0 Å². The second-order valence-electron chi connectivity index (χ2n) is 5.11. The van der Waals surface area contributed by atoms with Crippen LogP contribution in [0.25, 0.3) is 0 Å². The molecular weight excluding hydrogens is 250 g/mol. The van der Waals surface area contributed by atoms with Crippen molar-refractivity contribution in [1.29, 1.82) is 0 Å². The average molecular weight is 277 g/mol. The standard InChI is InChI=1S/C17H27NO2/c1-4-12-17(18-13-5-2,14-16(19)20-6-3)15-10-8-7-9-11-15/h7-11,18H,4-6,12-14H2,1-3H3. The van der Waals surface area contributed by atoms with E-state index in [4.69, 9.17) is 4.74 Å². The molecule has 0 aliphatic heterocycles. The van der Waals surface area contributed by atoms with Gasteiger partial charge in [-0.15, -0.1) is 0 Å². The summed E-state index contributed by atoms with van der Waals surface area (Å²) in [7, 11) is 0. The van der Waals surface area contributed by atoms with Crippen molar-refractivity contribution in [1.82, 2.24) is 5.32 Å². The topological polar surface area (TPSA) is 38.3 Å². The molecule has 3 nitrogen and oxygen atoms in total. The van der Waals surface area contributed by atoms with Gasteiger partial charge in [-0.25, -0.2) is 0 Å². The molecule has 1 atom stereocenters. The molecule has 0 aromatic heterocycles. The maximum absolute atomic E-state index is 12.0. The highest BCUT2D eigenvalue weighted by Gasteiger charge is 2.33. The van der Waals surface area contributed by atoms with Crippen LogP contribution in [-0.2, 0) is 15.1 Å². The molecule has 3 heteroatoms. The van der Waals surface area contributed by atoms with Gasteiger partial charge in [0.05, 0.1) is 18.6 Å². The third-order valence-corrected chi connectivity index (χ3v) is 3.47. The first-order valence-electron chi connectivity index (χ1n) is 7.64. The molecule has 1 aromatic carbocycles. The molecule has 1 rings (SSSR count). The van der Waals surface area contributed by atoms with E-state index < -0.39 is 0 Å². The molecule has 0 saturated heterocycles. The highest BCUT2D eigenvalue weighted by atomic mass is 16.5. The van der Waals surface area contributed by atoms with E-state index in [1.54, 1.807) is 0 Å². The van der Waals surface area contributed by atoms with E-state index in [1.807, 2.05) is 25.1 Å². The fourth-order valence-corrected chi connectivity index (χ4v) is 2.59. The van der Waals surface area contributed by atoms with Gasteiger partial charge in [0.2, 0.25) is 0 Å². The maximum Gasteiger partial charge on any atom is 0.308 e. The number of nitrogens with one attached hydrogen (secondary N) is 1. The van der Waals surface area contributed by atoms with Gasteiger partial charge in [0.15, 0.2) is 0 Å². The summed E-state index contributed by atoms with van der Waals surface area (Å²) in [5.41, 5.74) is 0.863. The SMILES string of the molecule is CCCNC(CCC)(CC(=O)OCC)c1ccccc1. The van der Waals surface area contributed by atoms with Crippen LogP contribution in [-0.4, -0.2) is 19.1 Å². The molecule has 1 unspecified atom stereocenters. The van der Waals surface area contributed by atoms with Crippen LogP contribution < -0.4 is 5.32 Å². The summed E-state index contributed by atoms with van der Waals surface area (Å²) in [6, 6.07) is 10.2. The Morgan fingerprint density at radius 3 is 2.40 bits per heavy atom. The third-order valence-electron chi connectivity index (χ3n) is 3.47. The van der Waals surface area contributed by atoms with Crippen molar-refractivity contribution in [2.45, 2.75) is 52.0 Å². The molecule has 0 amide bonds. The molecule has 0 aliphatic rings. The Labute approximate surface area is 122 Å². The normalized spacial score (nSPS) is 13.8. The molecule has 112 valence electrons. The number of hydrogen-bond acceptors (Lipinski definition) is 3. The Balaban J connectivity index is 3.03. The number of carbonyl (C=O) groups excluding carboxylic acids is 1. The van der Waals surface area contributed by atoms with Crippen molar-refractivity contribution in [3.8, 4) is 0 Å². The van der Waals surface area contributed by atoms with Crippen molar-refractivity contribution >= 4 is 5.97 Å². The molecule has 0 spiro atoms. The first-order valence-corrected chi connectivity index (χ1v) is 7.64. The summed E-state index contributed by atoms with van der Waals surface area (Å²) in [5, 5.41) is 3.59. The Kier molecular flexibility index (Phi) is 7.31. The van der Waals surface area contributed by atoms with Crippen LogP contribution in [0, 0.1) is 0 Å². The highest BCUT2D eigenvalue weighted by molar-refractivity contribution is 5.71. The minimum atomic E-state index is -0.307. The summed E-state index contributed by atoms with van der Waals surface area (Å²) in [4.78, 5) is 12.0. The lowest BCUT2D eigenvalue weighted by atomic mass is 9.82. The molecule has 1 N–H and O–H groups in total. The fraction of sp³-hybridized carbons (Fsp3) is 0.588. The number of ether oxygens (including phenoxy) is 1. The molecule has 1 aromatic rings. The summed E-state index contributed by atoms with van der Waals surface area (Å²) in [6.45, 7) is 7.47. The van der Waals surface area contributed by atoms with E-state index in [1.165, 1.54) is 5.56 Å². The zero-order valence-electron chi connectivity index (χ0n) is 12.9. The van der Waals surface area contributed by atoms with Gasteiger partial charge in [0.1, 0.15) is 0 Å². The molecule has 0 aliphatic carbocycles. The van der Waals surface area contributed by atoms with Crippen molar-refractivity contribution in [2.24, 2.45) is 0 Å². The number of esters is 1. The predicted molar refractivity (Wildman–Crippen MR) is 82.6 cm³/mol. The van der Waals surface area contributed by atoms with Gasteiger partial charge in [-0.05, 0) is 31.9 Å². The first-order chi connectivity index (χ1) is 9.68. The van der Waals surface area contributed by atoms with E-state index in [2.05, 4.69) is 31.3 Å². The van der Waals surface area contributed by atoms with Crippen molar-refractivity contribution in [2.75, 3.05) is 13.2 Å². The van der Waals surface area contributed by atoms with Crippen molar-refractivity contribution < 1.29 is 9.53 Å². The predicted octanol–water partition coefficient (Wildman–Crippen LogP) is 3.63. The Hall–Kier alpha value is -1.35. The summed E-state index contributed by atoms with van der Waals surface area (Å²) < 4.78 is 5.17. The van der Waals surface area contributed by atoms with Crippen LogP contribution in [0.15, 0.2) is 30.3 Å². The van der Waals surface area contributed by atoms with Crippen LogP contribution in [0.3, 0.4) is 0 Å². The molecule has 0 saturated carbocycles. The van der Waals surface area contributed by atoms with Crippen LogP contribution in [0.2, 0.25) is 0 Å². The van der Waals surface area contributed by atoms with Gasteiger partial charge in [-0.3, -0.25) is 4.79 Å². The van der Waals surface area contributed by atoms with E-state index in [-0.39, 0.29) is 11.5 Å². The van der Waals surface area contributed by atoms with Crippen LogP contribution in [0.4, 0.5) is 0 Å². The van der Waals surface area contributed by atoms with Crippen molar-refractivity contribution in [3.63, 3.8) is 0 Å². The van der Waals surface area contributed by atoms with Crippen LogP contribution in [0.1, 0.15) is 52.0 Å². The molecular formula is C17H27NO2. The summed E-state index contributed by atoms with van der Waals surface area (Å²) in [6.07, 6.45) is 3.38. The van der Waals surface area contributed by atoms with Crippen LogP contribution in [0.5, 0.6) is 0 Å². The fourth-order valence-electron chi connectivity index (χ4n) is 2.59. The average Bonchev–Trinajstić information content (AvgIpc) is 2.46.